The van der Waals surface area contributed by atoms with Gasteiger partial charge in [-0.25, -0.2) is 4.79 Å². The van der Waals surface area contributed by atoms with Crippen LogP contribution in [0.1, 0.15) is 56.0 Å². The first-order valence-corrected chi connectivity index (χ1v) is 6.41. The summed E-state index contributed by atoms with van der Waals surface area (Å²) in [7, 11) is 3.43. The number of furan rings is 1. The summed E-state index contributed by atoms with van der Waals surface area (Å²) in [6.45, 7) is 6.45. The summed E-state index contributed by atoms with van der Waals surface area (Å²) >= 11 is 0. The molecule has 0 aromatic carbocycles. The molecule has 0 fully saturated rings. The van der Waals surface area contributed by atoms with Crippen LogP contribution in [0.15, 0.2) is 16.5 Å². The fraction of sp³-hybridized carbons (Fsp3) is 0.643. The molecule has 1 aromatic heterocycles. The molecule has 0 radical (unpaired) electrons. The van der Waals surface area contributed by atoms with Crippen molar-refractivity contribution in [3.05, 3.63) is 23.7 Å². The SMILES string of the molecule is CCCC(C)N(C)C(C)c1ccc(C(=O)OC)o1. The van der Waals surface area contributed by atoms with Crippen LogP contribution >= 0.6 is 0 Å². The van der Waals surface area contributed by atoms with Gasteiger partial charge in [-0.3, -0.25) is 4.90 Å². The van der Waals surface area contributed by atoms with Gasteiger partial charge in [-0.2, -0.15) is 0 Å². The first-order chi connectivity index (χ1) is 8.51. The van der Waals surface area contributed by atoms with Crippen molar-refractivity contribution in [3.8, 4) is 0 Å². The molecule has 1 aromatic rings. The van der Waals surface area contributed by atoms with Gasteiger partial charge in [0.1, 0.15) is 5.76 Å². The van der Waals surface area contributed by atoms with Crippen LogP contribution in [0, 0.1) is 0 Å². The number of carbonyl (C=O) groups excluding carboxylic acids is 1. The molecule has 1 heterocycles. The van der Waals surface area contributed by atoms with Crippen LogP contribution in [-0.2, 0) is 4.74 Å². The van der Waals surface area contributed by atoms with Crippen LogP contribution in [0.4, 0.5) is 0 Å². The minimum Gasteiger partial charge on any atom is -0.463 e. The molecule has 2 unspecified atom stereocenters. The van der Waals surface area contributed by atoms with E-state index in [1.807, 2.05) is 6.07 Å². The summed E-state index contributed by atoms with van der Waals surface area (Å²) in [4.78, 5) is 13.6. The van der Waals surface area contributed by atoms with Crippen molar-refractivity contribution < 1.29 is 13.9 Å². The van der Waals surface area contributed by atoms with Gasteiger partial charge in [0.05, 0.1) is 13.2 Å². The smallest absolute Gasteiger partial charge is 0.373 e. The van der Waals surface area contributed by atoms with E-state index in [1.165, 1.54) is 7.11 Å². The summed E-state index contributed by atoms with van der Waals surface area (Å²) < 4.78 is 10.2. The van der Waals surface area contributed by atoms with Crippen LogP contribution in [-0.4, -0.2) is 31.1 Å². The fourth-order valence-electron chi connectivity index (χ4n) is 1.99. The zero-order chi connectivity index (χ0) is 13.7. The lowest BCUT2D eigenvalue weighted by atomic mass is 10.1. The molecule has 4 nitrogen and oxygen atoms in total. The standard InChI is InChI=1S/C14H23NO3/c1-6-7-10(2)15(4)11(3)12-8-9-13(18-12)14(16)17-5/h8-11H,6-7H2,1-5H3. The highest BCUT2D eigenvalue weighted by Crippen LogP contribution is 2.24. The van der Waals surface area contributed by atoms with Gasteiger partial charge in [-0.1, -0.05) is 13.3 Å². The van der Waals surface area contributed by atoms with Crippen molar-refractivity contribution >= 4 is 5.97 Å². The van der Waals surface area contributed by atoms with Gasteiger partial charge in [0, 0.05) is 6.04 Å². The minimum absolute atomic E-state index is 0.143. The number of ether oxygens (including phenoxy) is 1. The summed E-state index contributed by atoms with van der Waals surface area (Å²) in [6, 6.07) is 4.13. The molecular formula is C14H23NO3. The zero-order valence-corrected chi connectivity index (χ0v) is 11.9. The Morgan fingerprint density at radius 1 is 1.44 bits per heavy atom. The van der Waals surface area contributed by atoms with E-state index < -0.39 is 5.97 Å². The second-order valence-electron chi connectivity index (χ2n) is 4.67. The summed E-state index contributed by atoms with van der Waals surface area (Å²) in [5.74, 6) is 0.620. The highest BCUT2D eigenvalue weighted by Gasteiger charge is 2.21. The number of esters is 1. The third-order valence-corrected chi connectivity index (χ3v) is 3.44. The minimum atomic E-state index is -0.433. The van der Waals surface area contributed by atoms with Gasteiger partial charge in [0.15, 0.2) is 0 Å². The van der Waals surface area contributed by atoms with E-state index in [-0.39, 0.29) is 11.8 Å². The Bertz CT molecular complexity index is 386. The van der Waals surface area contributed by atoms with Gasteiger partial charge in [0.25, 0.3) is 0 Å². The average molecular weight is 253 g/mol. The molecule has 102 valence electrons. The molecule has 2 atom stereocenters. The maximum absolute atomic E-state index is 11.3. The van der Waals surface area contributed by atoms with Crippen molar-refractivity contribution in [1.82, 2.24) is 4.90 Å². The lowest BCUT2D eigenvalue weighted by Gasteiger charge is -2.29. The molecule has 0 N–H and O–H groups in total. The Morgan fingerprint density at radius 3 is 2.67 bits per heavy atom. The van der Waals surface area contributed by atoms with E-state index in [0.717, 1.165) is 18.6 Å². The lowest BCUT2D eigenvalue weighted by molar-refractivity contribution is 0.0558. The number of methoxy groups -OCH3 is 1. The molecule has 4 heteroatoms. The van der Waals surface area contributed by atoms with Crippen molar-refractivity contribution in [1.29, 1.82) is 0 Å². The Balaban J connectivity index is 2.74. The fourth-order valence-corrected chi connectivity index (χ4v) is 1.99. The Labute approximate surface area is 109 Å². The monoisotopic (exact) mass is 253 g/mol. The Hall–Kier alpha value is -1.29. The molecule has 18 heavy (non-hydrogen) atoms. The average Bonchev–Trinajstić information content (AvgIpc) is 2.85. The van der Waals surface area contributed by atoms with Gasteiger partial charge < -0.3 is 9.15 Å². The predicted molar refractivity (Wildman–Crippen MR) is 70.6 cm³/mol. The molecule has 0 aliphatic carbocycles. The Morgan fingerprint density at radius 2 is 2.11 bits per heavy atom. The first kappa shape index (κ1) is 14.8. The van der Waals surface area contributed by atoms with Crippen LogP contribution in [0.2, 0.25) is 0 Å². The van der Waals surface area contributed by atoms with E-state index in [0.29, 0.717) is 6.04 Å². The predicted octanol–water partition coefficient (Wildman–Crippen LogP) is 3.25. The molecule has 0 aliphatic rings. The van der Waals surface area contributed by atoms with E-state index in [2.05, 4.69) is 37.5 Å². The van der Waals surface area contributed by atoms with E-state index in [9.17, 15) is 4.79 Å². The third kappa shape index (κ3) is 3.35. The number of rotatable bonds is 6. The van der Waals surface area contributed by atoms with E-state index in [4.69, 9.17) is 4.42 Å². The first-order valence-electron chi connectivity index (χ1n) is 6.41. The molecule has 0 bridgehead atoms. The maximum Gasteiger partial charge on any atom is 0.373 e. The van der Waals surface area contributed by atoms with E-state index >= 15 is 0 Å². The van der Waals surface area contributed by atoms with Crippen molar-refractivity contribution in [2.45, 2.75) is 45.7 Å². The highest BCUT2D eigenvalue weighted by atomic mass is 16.5. The second-order valence-corrected chi connectivity index (χ2v) is 4.67. The van der Waals surface area contributed by atoms with Crippen LogP contribution < -0.4 is 0 Å². The third-order valence-electron chi connectivity index (χ3n) is 3.44. The van der Waals surface area contributed by atoms with Gasteiger partial charge in [-0.15, -0.1) is 0 Å². The molecule has 0 aliphatic heterocycles. The quantitative estimate of drug-likeness (QED) is 0.730. The number of hydrogen-bond acceptors (Lipinski definition) is 4. The van der Waals surface area contributed by atoms with Crippen molar-refractivity contribution in [3.63, 3.8) is 0 Å². The lowest BCUT2D eigenvalue weighted by Crippen LogP contribution is -2.31. The topological polar surface area (TPSA) is 42.7 Å². The number of hydrogen-bond donors (Lipinski definition) is 0. The second kappa shape index (κ2) is 6.59. The normalized spacial score (nSPS) is 14.6. The summed E-state index contributed by atoms with van der Waals surface area (Å²) in [5, 5.41) is 0. The Kier molecular flexibility index (Phi) is 5.41. The van der Waals surface area contributed by atoms with Crippen molar-refractivity contribution in [2.24, 2.45) is 0 Å². The van der Waals surface area contributed by atoms with Crippen molar-refractivity contribution in [2.75, 3.05) is 14.2 Å². The molecule has 1 rings (SSSR count). The highest BCUT2D eigenvalue weighted by molar-refractivity contribution is 5.86. The maximum atomic E-state index is 11.3. The molecule has 0 amide bonds. The van der Waals surface area contributed by atoms with Crippen LogP contribution in [0.3, 0.4) is 0 Å². The van der Waals surface area contributed by atoms with Crippen LogP contribution in [0.25, 0.3) is 0 Å². The summed E-state index contributed by atoms with van der Waals surface area (Å²) in [5.41, 5.74) is 0. The zero-order valence-electron chi connectivity index (χ0n) is 11.9. The molecule has 0 saturated heterocycles. The van der Waals surface area contributed by atoms with Gasteiger partial charge in [-0.05, 0) is 39.4 Å². The number of carbonyl (C=O) groups is 1. The van der Waals surface area contributed by atoms with E-state index in [1.54, 1.807) is 6.07 Å². The molecule has 0 spiro atoms. The van der Waals surface area contributed by atoms with Gasteiger partial charge in [0.2, 0.25) is 5.76 Å². The largest absolute Gasteiger partial charge is 0.463 e. The summed E-state index contributed by atoms with van der Waals surface area (Å²) in [6.07, 6.45) is 2.30. The number of nitrogens with zero attached hydrogens (tertiary/aromatic N) is 1. The molecular weight excluding hydrogens is 230 g/mol. The van der Waals surface area contributed by atoms with Crippen LogP contribution in [0.5, 0.6) is 0 Å². The molecule has 0 saturated carbocycles. The van der Waals surface area contributed by atoms with Gasteiger partial charge >= 0.3 is 5.97 Å².